The van der Waals surface area contributed by atoms with E-state index in [-0.39, 0.29) is 0 Å². The molecule has 0 radical (unpaired) electrons. The quantitative estimate of drug-likeness (QED) is 0.323. The Morgan fingerprint density at radius 3 is 2.00 bits per heavy atom. The molecule has 5 rings (SSSR count). The van der Waals surface area contributed by atoms with Crippen LogP contribution in [0.25, 0.3) is 0 Å². The van der Waals surface area contributed by atoms with Gasteiger partial charge in [-0.1, -0.05) is 119 Å². The molecule has 0 aromatic heterocycles. The molecule has 0 aromatic carbocycles. The predicted octanol–water partition coefficient (Wildman–Crippen LogP) is 12.4. The fourth-order valence-electron chi connectivity index (χ4n) is 11.1. The van der Waals surface area contributed by atoms with Gasteiger partial charge >= 0.3 is 0 Å². The van der Waals surface area contributed by atoms with Crippen LogP contribution in [0.3, 0.4) is 0 Å². The summed E-state index contributed by atoms with van der Waals surface area (Å²) in [4.78, 5) is 0. The minimum Gasteiger partial charge on any atom is -0.0654 e. The molecule has 5 aliphatic rings. The van der Waals surface area contributed by atoms with Crippen LogP contribution in [-0.2, 0) is 0 Å². The van der Waals surface area contributed by atoms with Crippen LogP contribution in [0.2, 0.25) is 0 Å². The minimum absolute atomic E-state index is 0.545. The number of hydrogen-bond donors (Lipinski definition) is 0. The lowest BCUT2D eigenvalue weighted by molar-refractivity contribution is -0.0197. The van der Waals surface area contributed by atoms with Crippen molar-refractivity contribution in [2.75, 3.05) is 0 Å². The highest BCUT2D eigenvalue weighted by atomic mass is 14.5. The van der Waals surface area contributed by atoms with E-state index in [0.717, 1.165) is 65.1 Å². The fourth-order valence-corrected chi connectivity index (χ4v) is 11.1. The van der Waals surface area contributed by atoms with Gasteiger partial charge in [-0.05, 0) is 122 Å². The fraction of sp³-hybridized carbons (Fsp3) is 1.00. The van der Waals surface area contributed by atoms with E-state index in [2.05, 4.69) is 48.5 Å². The largest absolute Gasteiger partial charge is 0.0654 e. The van der Waals surface area contributed by atoms with E-state index in [9.17, 15) is 0 Å². The summed E-state index contributed by atoms with van der Waals surface area (Å²) in [6.07, 6.45) is 28.9. The van der Waals surface area contributed by atoms with Gasteiger partial charge in [0.15, 0.2) is 0 Å². The second-order valence-corrected chi connectivity index (χ2v) is 16.7. The third-order valence-corrected chi connectivity index (χ3v) is 13.3. The van der Waals surface area contributed by atoms with Gasteiger partial charge in [-0.3, -0.25) is 0 Å². The molecule has 5 aliphatic carbocycles. The van der Waals surface area contributed by atoms with Crippen LogP contribution in [0.15, 0.2) is 0 Å². The molecule has 11 atom stereocenters. The molecule has 11 unspecified atom stereocenters. The van der Waals surface area contributed by atoms with Crippen molar-refractivity contribution in [2.45, 2.75) is 170 Å². The molecule has 222 valence electrons. The number of unbranched alkanes of at least 4 members (excludes halogenated alkanes) is 1. The van der Waals surface area contributed by atoms with Crippen LogP contribution >= 0.6 is 0 Å². The van der Waals surface area contributed by atoms with Crippen LogP contribution < -0.4 is 0 Å². The van der Waals surface area contributed by atoms with Gasteiger partial charge in [-0.15, -0.1) is 0 Å². The summed E-state index contributed by atoms with van der Waals surface area (Å²) in [5.41, 5.74) is 0.545. The SMILES string of the molecule is CC1CCC(C2CCCC(C(C)(C)C)C2)C1.CCCCC1C(C)CC2CCCC2C1C1CCCCC1CC. The first-order valence-electron chi connectivity index (χ1n) is 18.2. The minimum atomic E-state index is 0.545. The summed E-state index contributed by atoms with van der Waals surface area (Å²) in [6, 6.07) is 0. The molecular weight excluding hydrogens is 456 g/mol. The molecule has 0 spiro atoms. The highest BCUT2D eigenvalue weighted by molar-refractivity contribution is 4.98. The van der Waals surface area contributed by atoms with Crippen LogP contribution in [0.5, 0.6) is 0 Å². The van der Waals surface area contributed by atoms with E-state index in [0.29, 0.717) is 5.41 Å². The lowest BCUT2D eigenvalue weighted by Gasteiger charge is -2.51. The molecule has 0 aliphatic heterocycles. The second-order valence-electron chi connectivity index (χ2n) is 16.7. The smallest absolute Gasteiger partial charge is 0.0321 e. The molecule has 0 heteroatoms. The van der Waals surface area contributed by atoms with Gasteiger partial charge in [0.2, 0.25) is 0 Å². The van der Waals surface area contributed by atoms with Crippen LogP contribution in [0.4, 0.5) is 0 Å². The van der Waals surface area contributed by atoms with Crippen molar-refractivity contribution in [2.24, 2.45) is 70.5 Å². The molecule has 5 saturated carbocycles. The van der Waals surface area contributed by atoms with E-state index < -0.39 is 0 Å². The molecule has 0 aromatic rings. The van der Waals surface area contributed by atoms with Crippen molar-refractivity contribution in [1.29, 1.82) is 0 Å². The Bertz CT molecular complexity index is 670. The van der Waals surface area contributed by atoms with Crippen molar-refractivity contribution >= 4 is 0 Å². The summed E-state index contributed by atoms with van der Waals surface area (Å²) in [6.45, 7) is 17.3. The highest BCUT2D eigenvalue weighted by Crippen LogP contribution is 2.57. The van der Waals surface area contributed by atoms with E-state index in [1.165, 1.54) is 77.0 Å². The van der Waals surface area contributed by atoms with E-state index in [1.807, 2.05) is 0 Å². The van der Waals surface area contributed by atoms with Crippen LogP contribution in [0, 0.1) is 70.5 Å². The Morgan fingerprint density at radius 1 is 0.632 bits per heavy atom. The van der Waals surface area contributed by atoms with Gasteiger partial charge in [0.1, 0.15) is 0 Å². The Hall–Kier alpha value is 0. The molecular formula is C38H70. The third kappa shape index (κ3) is 7.64. The summed E-state index contributed by atoms with van der Waals surface area (Å²) < 4.78 is 0. The molecule has 38 heavy (non-hydrogen) atoms. The number of rotatable bonds is 6. The van der Waals surface area contributed by atoms with Crippen LogP contribution in [0.1, 0.15) is 170 Å². The lowest BCUT2D eigenvalue weighted by Crippen LogP contribution is -2.44. The average Bonchev–Trinajstić information content (AvgIpc) is 3.56. The summed E-state index contributed by atoms with van der Waals surface area (Å²) >= 11 is 0. The number of fused-ring (bicyclic) bond motifs is 1. The van der Waals surface area contributed by atoms with Crippen molar-refractivity contribution in [3.05, 3.63) is 0 Å². The van der Waals surface area contributed by atoms with Crippen molar-refractivity contribution < 1.29 is 0 Å². The summed E-state index contributed by atoms with van der Waals surface area (Å²) in [7, 11) is 0. The van der Waals surface area contributed by atoms with Gasteiger partial charge in [0.05, 0.1) is 0 Å². The molecule has 5 fully saturated rings. The Balaban J connectivity index is 0.000000186. The highest BCUT2D eigenvalue weighted by Gasteiger charge is 2.48. The maximum Gasteiger partial charge on any atom is -0.0321 e. The monoisotopic (exact) mass is 527 g/mol. The maximum atomic E-state index is 2.62. The summed E-state index contributed by atoms with van der Waals surface area (Å²) in [5.74, 6) is 11.7. The van der Waals surface area contributed by atoms with Gasteiger partial charge in [-0.25, -0.2) is 0 Å². The topological polar surface area (TPSA) is 0 Å². The first-order valence-corrected chi connectivity index (χ1v) is 18.2. The average molecular weight is 527 g/mol. The molecule has 0 amide bonds. The predicted molar refractivity (Wildman–Crippen MR) is 168 cm³/mol. The Morgan fingerprint density at radius 2 is 1.32 bits per heavy atom. The van der Waals surface area contributed by atoms with E-state index in [1.54, 1.807) is 44.9 Å². The second kappa shape index (κ2) is 14.3. The number of hydrogen-bond acceptors (Lipinski definition) is 0. The molecule has 0 nitrogen and oxygen atoms in total. The van der Waals surface area contributed by atoms with Crippen LogP contribution in [-0.4, -0.2) is 0 Å². The molecule has 0 saturated heterocycles. The van der Waals surface area contributed by atoms with Crippen molar-refractivity contribution in [3.8, 4) is 0 Å². The van der Waals surface area contributed by atoms with Gasteiger partial charge in [0, 0.05) is 0 Å². The third-order valence-electron chi connectivity index (χ3n) is 13.3. The Labute approximate surface area is 240 Å². The summed E-state index contributed by atoms with van der Waals surface area (Å²) in [5, 5.41) is 0. The lowest BCUT2D eigenvalue weighted by atomic mass is 9.54. The van der Waals surface area contributed by atoms with Crippen molar-refractivity contribution in [3.63, 3.8) is 0 Å². The maximum absolute atomic E-state index is 2.62. The molecule has 0 N–H and O–H groups in total. The zero-order chi connectivity index (χ0) is 27.3. The standard InChI is InChI=1S/C22H40.C16H30/c1-4-6-12-19-16(3)15-18-11-9-14-21(18)22(19)20-13-8-7-10-17(20)5-2;1-12-8-9-14(10-12)13-6-5-7-15(11-13)16(2,3)4/h16-22H,4-15H2,1-3H3;12-15H,5-11H2,1-4H3. The van der Waals surface area contributed by atoms with E-state index >= 15 is 0 Å². The van der Waals surface area contributed by atoms with Gasteiger partial charge < -0.3 is 0 Å². The van der Waals surface area contributed by atoms with E-state index in [4.69, 9.17) is 0 Å². The Kier molecular flexibility index (Phi) is 11.6. The zero-order valence-electron chi connectivity index (χ0n) is 27.3. The zero-order valence-corrected chi connectivity index (χ0v) is 27.3. The molecule has 0 heterocycles. The van der Waals surface area contributed by atoms with Gasteiger partial charge in [-0.2, -0.15) is 0 Å². The first kappa shape index (κ1) is 30.9. The first-order chi connectivity index (χ1) is 18.2. The normalized spacial score (nSPS) is 43.8. The van der Waals surface area contributed by atoms with Crippen molar-refractivity contribution in [1.82, 2.24) is 0 Å². The molecule has 0 bridgehead atoms. The van der Waals surface area contributed by atoms with Gasteiger partial charge in [0.25, 0.3) is 0 Å².